The molecular formula is C13H18N2O4S2. The molecule has 1 aromatic heterocycles. The van der Waals surface area contributed by atoms with E-state index in [1.54, 1.807) is 5.38 Å². The van der Waals surface area contributed by atoms with E-state index in [1.165, 1.54) is 17.5 Å². The van der Waals surface area contributed by atoms with Crippen LogP contribution in [0.2, 0.25) is 0 Å². The minimum atomic E-state index is -3.63. The number of thiophene rings is 1. The highest BCUT2D eigenvalue weighted by molar-refractivity contribution is 7.89. The van der Waals surface area contributed by atoms with Crippen molar-refractivity contribution in [2.75, 3.05) is 26.7 Å². The maximum Gasteiger partial charge on any atom is 0.349 e. The van der Waals surface area contributed by atoms with E-state index in [1.807, 2.05) is 0 Å². The van der Waals surface area contributed by atoms with Crippen LogP contribution in [-0.4, -0.2) is 51.5 Å². The molecule has 2 aliphatic rings. The van der Waals surface area contributed by atoms with Crippen molar-refractivity contribution in [3.63, 3.8) is 0 Å². The topological polar surface area (TPSA) is 75.7 Å². The number of carbonyl (C=O) groups excluding carboxylic acids is 1. The number of hydrogen-bond donors (Lipinski definition) is 1. The number of rotatable bonds is 3. The minimum Gasteiger partial charge on any atom is -0.465 e. The summed E-state index contributed by atoms with van der Waals surface area (Å²) >= 11 is 1.10. The van der Waals surface area contributed by atoms with E-state index < -0.39 is 16.0 Å². The van der Waals surface area contributed by atoms with Crippen molar-refractivity contribution in [3.05, 3.63) is 16.3 Å². The van der Waals surface area contributed by atoms with Gasteiger partial charge >= 0.3 is 5.97 Å². The van der Waals surface area contributed by atoms with Gasteiger partial charge in [-0.25, -0.2) is 13.2 Å². The van der Waals surface area contributed by atoms with Crippen LogP contribution in [0.5, 0.6) is 0 Å². The van der Waals surface area contributed by atoms with Crippen LogP contribution in [0.4, 0.5) is 0 Å². The molecule has 0 aliphatic carbocycles. The van der Waals surface area contributed by atoms with Gasteiger partial charge in [0.25, 0.3) is 0 Å². The molecule has 1 aromatic rings. The van der Waals surface area contributed by atoms with Gasteiger partial charge in [0.05, 0.1) is 7.11 Å². The van der Waals surface area contributed by atoms with Gasteiger partial charge in [0.1, 0.15) is 9.77 Å². The van der Waals surface area contributed by atoms with Crippen LogP contribution in [0.1, 0.15) is 22.5 Å². The lowest BCUT2D eigenvalue weighted by molar-refractivity contribution is 0.0602. The lowest BCUT2D eigenvalue weighted by Crippen LogP contribution is -2.46. The molecule has 0 saturated carbocycles. The SMILES string of the molecule is COC(=O)c1sccc1S(=O)(=O)N1CCC2NCCC2C1. The van der Waals surface area contributed by atoms with Crippen molar-refractivity contribution < 1.29 is 17.9 Å². The van der Waals surface area contributed by atoms with Gasteiger partial charge in [-0.05, 0) is 36.8 Å². The Kier molecular flexibility index (Phi) is 4.04. The number of piperidine rings is 1. The molecule has 2 saturated heterocycles. The highest BCUT2D eigenvalue weighted by Crippen LogP contribution is 2.31. The zero-order valence-electron chi connectivity index (χ0n) is 11.7. The average Bonchev–Trinajstić information content (AvgIpc) is 3.14. The standard InChI is InChI=1S/C13H18N2O4S2/c1-19-13(16)12-11(4-7-20-12)21(17,18)15-6-3-10-9(8-15)2-5-14-10/h4,7,9-10,14H,2-3,5-6,8H2,1H3. The Morgan fingerprint density at radius 3 is 3.05 bits per heavy atom. The highest BCUT2D eigenvalue weighted by atomic mass is 32.2. The summed E-state index contributed by atoms with van der Waals surface area (Å²) in [6.45, 7) is 1.97. The predicted molar refractivity (Wildman–Crippen MR) is 78.9 cm³/mol. The van der Waals surface area contributed by atoms with Crippen LogP contribution in [-0.2, 0) is 14.8 Å². The van der Waals surface area contributed by atoms with Gasteiger partial charge < -0.3 is 10.1 Å². The van der Waals surface area contributed by atoms with E-state index in [2.05, 4.69) is 10.1 Å². The van der Waals surface area contributed by atoms with Gasteiger partial charge in [0.15, 0.2) is 0 Å². The number of sulfonamides is 1. The molecule has 116 valence electrons. The molecule has 2 unspecified atom stereocenters. The van der Waals surface area contributed by atoms with Gasteiger partial charge in [0, 0.05) is 19.1 Å². The molecule has 3 heterocycles. The molecule has 2 atom stereocenters. The monoisotopic (exact) mass is 330 g/mol. The van der Waals surface area contributed by atoms with Crippen molar-refractivity contribution in [2.45, 2.75) is 23.8 Å². The van der Waals surface area contributed by atoms with Crippen LogP contribution >= 0.6 is 11.3 Å². The molecule has 8 heteroatoms. The molecule has 0 aromatic carbocycles. The number of ether oxygens (including phenoxy) is 1. The maximum absolute atomic E-state index is 12.8. The predicted octanol–water partition coefficient (Wildman–Crippen LogP) is 0.907. The van der Waals surface area contributed by atoms with Crippen LogP contribution in [0.25, 0.3) is 0 Å². The molecule has 21 heavy (non-hydrogen) atoms. The third-order valence-corrected chi connectivity index (χ3v) is 7.17. The molecule has 0 amide bonds. The summed E-state index contributed by atoms with van der Waals surface area (Å²) in [6, 6.07) is 1.92. The Morgan fingerprint density at radius 1 is 1.48 bits per heavy atom. The van der Waals surface area contributed by atoms with Crippen LogP contribution in [0.15, 0.2) is 16.3 Å². The molecule has 2 fully saturated rings. The number of fused-ring (bicyclic) bond motifs is 1. The van der Waals surface area contributed by atoms with Gasteiger partial charge in [-0.1, -0.05) is 0 Å². The summed E-state index contributed by atoms with van der Waals surface area (Å²) in [4.78, 5) is 11.9. The fraction of sp³-hybridized carbons (Fsp3) is 0.615. The molecule has 6 nitrogen and oxygen atoms in total. The second-order valence-corrected chi connectivity index (χ2v) is 8.19. The smallest absolute Gasteiger partial charge is 0.349 e. The normalized spacial score (nSPS) is 26.5. The Bertz CT molecular complexity index is 640. The third-order valence-electron chi connectivity index (χ3n) is 4.24. The summed E-state index contributed by atoms with van der Waals surface area (Å²) in [5.41, 5.74) is 0. The number of carbonyl (C=O) groups is 1. The van der Waals surface area contributed by atoms with Crippen LogP contribution in [0, 0.1) is 5.92 Å². The summed E-state index contributed by atoms with van der Waals surface area (Å²) in [5.74, 6) is -0.227. The largest absolute Gasteiger partial charge is 0.465 e. The first-order chi connectivity index (χ1) is 10.0. The van der Waals surface area contributed by atoms with E-state index in [-0.39, 0.29) is 9.77 Å². The zero-order chi connectivity index (χ0) is 15.0. The summed E-state index contributed by atoms with van der Waals surface area (Å²) in [6.07, 6.45) is 1.83. The third kappa shape index (κ3) is 2.61. The van der Waals surface area contributed by atoms with Gasteiger partial charge in [-0.3, -0.25) is 0 Å². The van der Waals surface area contributed by atoms with Crippen LogP contribution in [0.3, 0.4) is 0 Å². The van der Waals surface area contributed by atoms with E-state index in [4.69, 9.17) is 0 Å². The first kappa shape index (κ1) is 15.0. The second-order valence-electron chi connectivity index (χ2n) is 5.37. The number of methoxy groups -OCH3 is 1. The van der Waals surface area contributed by atoms with Crippen molar-refractivity contribution in [1.82, 2.24) is 9.62 Å². The lowest BCUT2D eigenvalue weighted by atomic mass is 9.95. The van der Waals surface area contributed by atoms with Crippen molar-refractivity contribution >= 4 is 27.3 Å². The zero-order valence-corrected chi connectivity index (χ0v) is 13.4. The van der Waals surface area contributed by atoms with Gasteiger partial charge in [-0.2, -0.15) is 4.31 Å². The molecule has 3 rings (SSSR count). The van der Waals surface area contributed by atoms with Crippen molar-refractivity contribution in [3.8, 4) is 0 Å². The molecule has 0 radical (unpaired) electrons. The maximum atomic E-state index is 12.8. The highest BCUT2D eigenvalue weighted by Gasteiger charge is 2.39. The lowest BCUT2D eigenvalue weighted by Gasteiger charge is -2.33. The van der Waals surface area contributed by atoms with E-state index >= 15 is 0 Å². The molecule has 2 aliphatic heterocycles. The Morgan fingerprint density at radius 2 is 2.29 bits per heavy atom. The molecule has 0 bridgehead atoms. The summed E-state index contributed by atoms with van der Waals surface area (Å²) < 4.78 is 31.7. The van der Waals surface area contributed by atoms with Crippen molar-refractivity contribution in [1.29, 1.82) is 0 Å². The fourth-order valence-electron chi connectivity index (χ4n) is 3.11. The first-order valence-corrected chi connectivity index (χ1v) is 9.25. The number of nitrogens with zero attached hydrogens (tertiary/aromatic N) is 1. The Labute approximate surface area is 128 Å². The number of esters is 1. The van der Waals surface area contributed by atoms with Gasteiger partial charge in [-0.15, -0.1) is 11.3 Å². The van der Waals surface area contributed by atoms with E-state index in [0.29, 0.717) is 25.0 Å². The summed E-state index contributed by atoms with van der Waals surface area (Å²) in [5, 5.41) is 5.02. The Balaban J connectivity index is 1.87. The number of hydrogen-bond acceptors (Lipinski definition) is 6. The van der Waals surface area contributed by atoms with Crippen LogP contribution < -0.4 is 5.32 Å². The number of nitrogens with one attached hydrogen (secondary N) is 1. The molecule has 0 spiro atoms. The first-order valence-electron chi connectivity index (χ1n) is 6.93. The van der Waals surface area contributed by atoms with E-state index in [0.717, 1.165) is 30.7 Å². The quantitative estimate of drug-likeness (QED) is 0.834. The second kappa shape index (κ2) is 5.68. The Hall–Kier alpha value is -0.960. The molecular weight excluding hydrogens is 312 g/mol. The van der Waals surface area contributed by atoms with Gasteiger partial charge in [0.2, 0.25) is 10.0 Å². The fourth-order valence-corrected chi connectivity index (χ4v) is 5.93. The molecule has 1 N–H and O–H groups in total. The van der Waals surface area contributed by atoms with Crippen molar-refractivity contribution in [2.24, 2.45) is 5.92 Å². The van der Waals surface area contributed by atoms with E-state index in [9.17, 15) is 13.2 Å². The summed E-state index contributed by atoms with van der Waals surface area (Å²) in [7, 11) is -2.37. The average molecular weight is 330 g/mol. The minimum absolute atomic E-state index is 0.0729.